The Kier molecular flexibility index (Phi) is 4.88. The molecule has 116 valence electrons. The minimum atomic E-state index is -5.05. The highest BCUT2D eigenvalue weighted by Gasteiger charge is 2.40. The maximum absolute atomic E-state index is 12.4. The van der Waals surface area contributed by atoms with Crippen LogP contribution >= 0.6 is 11.6 Å². The number of alkyl halides is 3. The van der Waals surface area contributed by atoms with Crippen LogP contribution in [0.4, 0.5) is 23.7 Å². The molecule has 0 fully saturated rings. The molecule has 1 aromatic rings. The number of carbonyl (C=O) groups excluding carboxylic acids is 2. The number of carbonyl (C=O) groups is 2. The molecule has 0 saturated carbocycles. The maximum atomic E-state index is 12.4. The summed E-state index contributed by atoms with van der Waals surface area (Å²) in [6.45, 7) is 4.90. The molecule has 0 unspecified atom stereocenters. The molecule has 8 heteroatoms. The van der Waals surface area contributed by atoms with E-state index in [0.29, 0.717) is 0 Å². The molecule has 0 spiro atoms. The van der Waals surface area contributed by atoms with Gasteiger partial charge in [0.15, 0.2) is 0 Å². The zero-order valence-corrected chi connectivity index (χ0v) is 12.2. The number of hydrogen-bond donors (Lipinski definition) is 1. The number of benzene rings is 1. The first-order valence-corrected chi connectivity index (χ1v) is 6.19. The number of amides is 1. The van der Waals surface area contributed by atoms with Crippen LogP contribution in [0.2, 0.25) is 5.02 Å². The third-order valence-electron chi connectivity index (χ3n) is 2.11. The van der Waals surface area contributed by atoms with Gasteiger partial charge >= 0.3 is 12.3 Å². The lowest BCUT2D eigenvalue weighted by Gasteiger charge is -2.20. The molecule has 1 rings (SSSR count). The third-order valence-corrected chi connectivity index (χ3v) is 2.44. The number of rotatable bonds is 2. The molecule has 0 aliphatic carbocycles. The molecule has 1 amide bonds. The average Bonchev–Trinajstić information content (AvgIpc) is 2.27. The predicted octanol–water partition coefficient (Wildman–Crippen LogP) is 4.43. The summed E-state index contributed by atoms with van der Waals surface area (Å²) in [4.78, 5) is 22.7. The van der Waals surface area contributed by atoms with Gasteiger partial charge in [0.25, 0.3) is 5.78 Å². The van der Waals surface area contributed by atoms with Gasteiger partial charge in [-0.2, -0.15) is 13.2 Å². The first kappa shape index (κ1) is 17.3. The molecule has 0 radical (unpaired) electrons. The van der Waals surface area contributed by atoms with Gasteiger partial charge in [0, 0.05) is 11.3 Å². The van der Waals surface area contributed by atoms with Crippen molar-refractivity contribution < 1.29 is 27.5 Å². The quantitative estimate of drug-likeness (QED) is 0.819. The van der Waals surface area contributed by atoms with Crippen molar-refractivity contribution in [3.8, 4) is 0 Å². The van der Waals surface area contributed by atoms with E-state index in [1.54, 1.807) is 20.8 Å². The van der Waals surface area contributed by atoms with Crippen LogP contribution in [-0.2, 0) is 4.74 Å². The van der Waals surface area contributed by atoms with E-state index in [0.717, 1.165) is 12.1 Å². The Labute approximate surface area is 124 Å². The van der Waals surface area contributed by atoms with Crippen molar-refractivity contribution in [3.05, 3.63) is 28.8 Å². The van der Waals surface area contributed by atoms with Gasteiger partial charge in [-0.15, -0.1) is 0 Å². The van der Waals surface area contributed by atoms with Gasteiger partial charge in [0.2, 0.25) is 0 Å². The second kappa shape index (κ2) is 5.93. The fourth-order valence-electron chi connectivity index (χ4n) is 1.35. The summed E-state index contributed by atoms with van der Waals surface area (Å²) in [6.07, 6.45) is -5.90. The topological polar surface area (TPSA) is 55.4 Å². The Bertz CT molecular complexity index is 565. The van der Waals surface area contributed by atoms with Crippen LogP contribution in [0.1, 0.15) is 31.1 Å². The van der Waals surface area contributed by atoms with E-state index in [1.165, 1.54) is 6.07 Å². The molecule has 0 aromatic heterocycles. The van der Waals surface area contributed by atoms with Crippen LogP contribution in [0.25, 0.3) is 0 Å². The van der Waals surface area contributed by atoms with Crippen LogP contribution < -0.4 is 5.32 Å². The van der Waals surface area contributed by atoms with E-state index in [2.05, 4.69) is 5.32 Å². The molecule has 0 aliphatic heterocycles. The average molecular weight is 324 g/mol. The van der Waals surface area contributed by atoms with Gasteiger partial charge in [-0.3, -0.25) is 10.1 Å². The summed E-state index contributed by atoms with van der Waals surface area (Å²) in [5.74, 6) is -2.08. The standard InChI is InChI=1S/C13H13ClF3NO3/c1-12(2,3)21-11(20)18-7-4-5-9(14)8(6-7)10(19)13(15,16)17/h4-6H,1-3H3,(H,18,20). The maximum Gasteiger partial charge on any atom is 0.454 e. The van der Waals surface area contributed by atoms with Crippen LogP contribution in [0.15, 0.2) is 18.2 Å². The van der Waals surface area contributed by atoms with E-state index in [1.807, 2.05) is 0 Å². The minimum Gasteiger partial charge on any atom is -0.444 e. The van der Waals surface area contributed by atoms with Crippen molar-refractivity contribution in [1.29, 1.82) is 0 Å². The monoisotopic (exact) mass is 323 g/mol. The highest BCUT2D eigenvalue weighted by atomic mass is 35.5. The van der Waals surface area contributed by atoms with E-state index in [9.17, 15) is 22.8 Å². The summed E-state index contributed by atoms with van der Waals surface area (Å²) in [5, 5.41) is 1.88. The Hall–Kier alpha value is -1.76. The highest BCUT2D eigenvalue weighted by Crippen LogP contribution is 2.28. The molecule has 0 saturated heterocycles. The van der Waals surface area contributed by atoms with E-state index >= 15 is 0 Å². The Morgan fingerprint density at radius 1 is 1.19 bits per heavy atom. The number of Topliss-reactive ketones (excluding diaryl/α,β-unsaturated/α-hetero) is 1. The second-order valence-electron chi connectivity index (χ2n) is 5.15. The van der Waals surface area contributed by atoms with Crippen molar-refractivity contribution in [2.24, 2.45) is 0 Å². The molecule has 1 aromatic carbocycles. The summed E-state index contributed by atoms with van der Waals surface area (Å²) < 4.78 is 42.2. The molecule has 21 heavy (non-hydrogen) atoms. The van der Waals surface area contributed by atoms with E-state index in [4.69, 9.17) is 16.3 Å². The first-order valence-electron chi connectivity index (χ1n) is 5.81. The molecular weight excluding hydrogens is 311 g/mol. The van der Waals surface area contributed by atoms with Gasteiger partial charge in [-0.05, 0) is 39.0 Å². The number of nitrogens with one attached hydrogen (secondary N) is 1. The lowest BCUT2D eigenvalue weighted by atomic mass is 10.1. The fraction of sp³-hybridized carbons (Fsp3) is 0.385. The van der Waals surface area contributed by atoms with Crippen molar-refractivity contribution in [1.82, 2.24) is 0 Å². The van der Waals surface area contributed by atoms with Gasteiger partial charge in [0.05, 0.1) is 5.02 Å². The summed E-state index contributed by atoms with van der Waals surface area (Å²) >= 11 is 5.58. The molecule has 1 N–H and O–H groups in total. The zero-order valence-electron chi connectivity index (χ0n) is 11.5. The molecule has 4 nitrogen and oxygen atoms in total. The number of ether oxygens (including phenoxy) is 1. The Morgan fingerprint density at radius 2 is 1.76 bits per heavy atom. The number of hydrogen-bond acceptors (Lipinski definition) is 3. The number of ketones is 1. The SMILES string of the molecule is CC(C)(C)OC(=O)Nc1ccc(Cl)c(C(=O)C(F)(F)F)c1. The zero-order chi connectivity index (χ0) is 16.4. The van der Waals surface area contributed by atoms with E-state index < -0.39 is 29.2 Å². The van der Waals surface area contributed by atoms with Crippen LogP contribution in [0.5, 0.6) is 0 Å². The molecule has 0 aliphatic rings. The molecular formula is C13H13ClF3NO3. The third kappa shape index (κ3) is 5.26. The largest absolute Gasteiger partial charge is 0.454 e. The molecule has 0 bridgehead atoms. The first-order chi connectivity index (χ1) is 9.40. The Morgan fingerprint density at radius 3 is 2.24 bits per heavy atom. The van der Waals surface area contributed by atoms with Crippen molar-refractivity contribution in [3.63, 3.8) is 0 Å². The van der Waals surface area contributed by atoms with Gasteiger partial charge in [-0.1, -0.05) is 11.6 Å². The number of anilines is 1. The van der Waals surface area contributed by atoms with Crippen LogP contribution in [0.3, 0.4) is 0 Å². The van der Waals surface area contributed by atoms with Crippen LogP contribution in [0, 0.1) is 0 Å². The van der Waals surface area contributed by atoms with Crippen molar-refractivity contribution in [2.75, 3.05) is 5.32 Å². The van der Waals surface area contributed by atoms with Crippen LogP contribution in [-0.4, -0.2) is 23.7 Å². The summed E-state index contributed by atoms with van der Waals surface area (Å²) in [7, 11) is 0. The highest BCUT2D eigenvalue weighted by molar-refractivity contribution is 6.34. The summed E-state index contributed by atoms with van der Waals surface area (Å²) in [6, 6.07) is 3.20. The van der Waals surface area contributed by atoms with Crippen molar-refractivity contribution >= 4 is 29.2 Å². The van der Waals surface area contributed by atoms with Gasteiger partial charge < -0.3 is 4.74 Å². The normalized spacial score (nSPS) is 12.0. The molecule has 0 atom stereocenters. The van der Waals surface area contributed by atoms with Crippen molar-refractivity contribution in [2.45, 2.75) is 32.5 Å². The fourth-order valence-corrected chi connectivity index (χ4v) is 1.55. The van der Waals surface area contributed by atoms with Gasteiger partial charge in [0.1, 0.15) is 5.60 Å². The summed E-state index contributed by atoms with van der Waals surface area (Å²) in [5.41, 5.74) is -1.53. The van der Waals surface area contributed by atoms with Gasteiger partial charge in [-0.25, -0.2) is 4.79 Å². The minimum absolute atomic E-state index is 0.0266. The predicted molar refractivity (Wildman–Crippen MR) is 71.7 cm³/mol. The van der Waals surface area contributed by atoms with E-state index in [-0.39, 0.29) is 10.7 Å². The number of halogens is 4. The second-order valence-corrected chi connectivity index (χ2v) is 5.56. The lowest BCUT2D eigenvalue weighted by Crippen LogP contribution is -2.27. The Balaban J connectivity index is 2.98. The lowest BCUT2D eigenvalue weighted by molar-refractivity contribution is -0.0885. The smallest absolute Gasteiger partial charge is 0.444 e. The molecule has 0 heterocycles.